The zero-order valence-electron chi connectivity index (χ0n) is 15.3. The maximum atomic E-state index is 2.61. The molecule has 2 unspecified atom stereocenters. The van der Waals surface area contributed by atoms with Gasteiger partial charge in [0.2, 0.25) is 0 Å². The minimum atomic E-state index is 0.234. The van der Waals surface area contributed by atoms with Crippen molar-refractivity contribution in [3.05, 3.63) is 41.0 Å². The van der Waals surface area contributed by atoms with Crippen LogP contribution in [-0.2, 0) is 5.41 Å². The lowest BCUT2D eigenvalue weighted by Crippen LogP contribution is -2.39. The van der Waals surface area contributed by atoms with Crippen LogP contribution in [0.25, 0.3) is 6.08 Å². The number of piperidine rings is 1. The summed E-state index contributed by atoms with van der Waals surface area (Å²) in [5.41, 5.74) is 4.42. The second-order valence-corrected chi connectivity index (χ2v) is 8.34. The standard InChI is InChI=1S/C21H33N/c1-16(14-22-12-11-17(2)18(3)15-22)13-19-7-9-20(10-8-19)21(4,5)6/h7-10,13,17-18H,11-12,14-15H2,1-6H3. The first-order chi connectivity index (χ1) is 10.3. The van der Waals surface area contributed by atoms with Crippen molar-refractivity contribution in [1.82, 2.24) is 4.90 Å². The zero-order valence-corrected chi connectivity index (χ0v) is 15.3. The molecular formula is C21H33N. The Kier molecular flexibility index (Phi) is 5.50. The van der Waals surface area contributed by atoms with E-state index in [0.717, 1.165) is 18.4 Å². The minimum absolute atomic E-state index is 0.234. The predicted octanol–water partition coefficient (Wildman–Crippen LogP) is 5.37. The summed E-state index contributed by atoms with van der Waals surface area (Å²) in [6.07, 6.45) is 3.68. The fourth-order valence-corrected chi connectivity index (χ4v) is 3.26. The first kappa shape index (κ1) is 17.3. The van der Waals surface area contributed by atoms with Gasteiger partial charge in [-0.1, -0.05) is 70.5 Å². The van der Waals surface area contributed by atoms with E-state index in [1.165, 1.54) is 36.2 Å². The molecule has 1 aliphatic rings. The van der Waals surface area contributed by atoms with Crippen molar-refractivity contribution < 1.29 is 0 Å². The van der Waals surface area contributed by atoms with Crippen molar-refractivity contribution in [3.63, 3.8) is 0 Å². The highest BCUT2D eigenvalue weighted by Crippen LogP contribution is 2.24. The average Bonchev–Trinajstić information content (AvgIpc) is 2.42. The van der Waals surface area contributed by atoms with Gasteiger partial charge in [-0.05, 0) is 48.3 Å². The Morgan fingerprint density at radius 2 is 1.77 bits per heavy atom. The van der Waals surface area contributed by atoms with Crippen LogP contribution >= 0.6 is 0 Å². The molecular weight excluding hydrogens is 266 g/mol. The van der Waals surface area contributed by atoms with Crippen molar-refractivity contribution >= 4 is 6.08 Å². The molecule has 0 spiro atoms. The molecule has 0 bridgehead atoms. The van der Waals surface area contributed by atoms with Gasteiger partial charge in [-0.15, -0.1) is 0 Å². The molecule has 122 valence electrons. The summed E-state index contributed by atoms with van der Waals surface area (Å²) in [6.45, 7) is 17.4. The molecule has 0 aliphatic carbocycles. The second kappa shape index (κ2) is 7.00. The molecule has 0 radical (unpaired) electrons. The SMILES string of the molecule is CC(=Cc1ccc(C(C)(C)C)cc1)CN1CCC(C)C(C)C1. The summed E-state index contributed by atoms with van der Waals surface area (Å²) in [7, 11) is 0. The molecule has 0 amide bonds. The van der Waals surface area contributed by atoms with E-state index in [4.69, 9.17) is 0 Å². The Labute approximate surface area is 137 Å². The molecule has 0 N–H and O–H groups in total. The summed E-state index contributed by atoms with van der Waals surface area (Å²) in [5, 5.41) is 0. The van der Waals surface area contributed by atoms with E-state index in [0.29, 0.717) is 0 Å². The third-order valence-electron chi connectivity index (χ3n) is 5.08. The average molecular weight is 300 g/mol. The van der Waals surface area contributed by atoms with Crippen molar-refractivity contribution in [1.29, 1.82) is 0 Å². The van der Waals surface area contributed by atoms with E-state index in [1.807, 2.05) is 0 Å². The van der Waals surface area contributed by atoms with Crippen LogP contribution in [-0.4, -0.2) is 24.5 Å². The Hall–Kier alpha value is -1.08. The topological polar surface area (TPSA) is 3.24 Å². The molecule has 1 nitrogen and oxygen atoms in total. The van der Waals surface area contributed by atoms with E-state index >= 15 is 0 Å². The molecule has 1 aliphatic heterocycles. The Morgan fingerprint density at radius 3 is 2.32 bits per heavy atom. The highest BCUT2D eigenvalue weighted by molar-refractivity contribution is 5.53. The van der Waals surface area contributed by atoms with Gasteiger partial charge >= 0.3 is 0 Å². The molecule has 2 rings (SSSR count). The number of nitrogens with zero attached hydrogens (tertiary/aromatic N) is 1. The summed E-state index contributed by atoms with van der Waals surface area (Å²) >= 11 is 0. The van der Waals surface area contributed by atoms with Crippen LogP contribution in [0, 0.1) is 11.8 Å². The van der Waals surface area contributed by atoms with Gasteiger partial charge in [0.15, 0.2) is 0 Å². The molecule has 1 aromatic carbocycles. The molecule has 1 saturated heterocycles. The molecule has 1 heterocycles. The van der Waals surface area contributed by atoms with E-state index in [2.05, 4.69) is 76.8 Å². The van der Waals surface area contributed by atoms with Crippen molar-refractivity contribution in [2.24, 2.45) is 11.8 Å². The lowest BCUT2D eigenvalue weighted by Gasteiger charge is -2.35. The Morgan fingerprint density at radius 1 is 1.14 bits per heavy atom. The highest BCUT2D eigenvalue weighted by atomic mass is 15.1. The van der Waals surface area contributed by atoms with Gasteiger partial charge in [0.25, 0.3) is 0 Å². The Bertz CT molecular complexity index is 504. The van der Waals surface area contributed by atoms with Gasteiger partial charge in [-0.25, -0.2) is 0 Å². The predicted molar refractivity (Wildman–Crippen MR) is 98.2 cm³/mol. The smallest absolute Gasteiger partial charge is 0.0193 e. The molecule has 0 aromatic heterocycles. The van der Waals surface area contributed by atoms with Crippen molar-refractivity contribution in [2.75, 3.05) is 19.6 Å². The maximum absolute atomic E-state index is 2.61. The fourth-order valence-electron chi connectivity index (χ4n) is 3.26. The van der Waals surface area contributed by atoms with Crippen molar-refractivity contribution in [3.8, 4) is 0 Å². The normalized spacial score (nSPS) is 24.5. The van der Waals surface area contributed by atoms with Crippen LogP contribution in [0.2, 0.25) is 0 Å². The summed E-state index contributed by atoms with van der Waals surface area (Å²) in [4.78, 5) is 2.61. The molecule has 0 saturated carbocycles. The third-order valence-corrected chi connectivity index (χ3v) is 5.08. The van der Waals surface area contributed by atoms with Gasteiger partial charge in [0.1, 0.15) is 0 Å². The van der Waals surface area contributed by atoms with Gasteiger partial charge in [-0.3, -0.25) is 4.90 Å². The van der Waals surface area contributed by atoms with Crippen LogP contribution in [0.1, 0.15) is 59.1 Å². The summed E-state index contributed by atoms with van der Waals surface area (Å²) in [5.74, 6) is 1.71. The van der Waals surface area contributed by atoms with E-state index in [9.17, 15) is 0 Å². The number of benzene rings is 1. The van der Waals surface area contributed by atoms with Gasteiger partial charge in [-0.2, -0.15) is 0 Å². The second-order valence-electron chi connectivity index (χ2n) is 8.34. The first-order valence-electron chi connectivity index (χ1n) is 8.76. The van der Waals surface area contributed by atoms with Crippen LogP contribution in [0.15, 0.2) is 29.8 Å². The third kappa shape index (κ3) is 4.71. The monoisotopic (exact) mass is 299 g/mol. The van der Waals surface area contributed by atoms with Crippen LogP contribution in [0.4, 0.5) is 0 Å². The summed E-state index contributed by atoms with van der Waals surface area (Å²) in [6, 6.07) is 9.05. The van der Waals surface area contributed by atoms with Gasteiger partial charge < -0.3 is 0 Å². The number of hydrogen-bond acceptors (Lipinski definition) is 1. The lowest BCUT2D eigenvalue weighted by molar-refractivity contribution is 0.149. The van der Waals surface area contributed by atoms with E-state index in [1.54, 1.807) is 0 Å². The Balaban J connectivity index is 1.97. The number of rotatable bonds is 3. The van der Waals surface area contributed by atoms with E-state index in [-0.39, 0.29) is 5.41 Å². The van der Waals surface area contributed by atoms with Crippen molar-refractivity contribution in [2.45, 2.75) is 53.4 Å². The molecule has 1 fully saturated rings. The molecule has 1 heteroatoms. The van der Waals surface area contributed by atoms with Crippen LogP contribution < -0.4 is 0 Å². The zero-order chi connectivity index (χ0) is 16.3. The molecule has 22 heavy (non-hydrogen) atoms. The van der Waals surface area contributed by atoms with Gasteiger partial charge in [0, 0.05) is 13.1 Å². The number of hydrogen-bond donors (Lipinski definition) is 0. The van der Waals surface area contributed by atoms with Crippen LogP contribution in [0.5, 0.6) is 0 Å². The minimum Gasteiger partial charge on any atom is -0.299 e. The fraction of sp³-hybridized carbons (Fsp3) is 0.619. The largest absolute Gasteiger partial charge is 0.299 e. The van der Waals surface area contributed by atoms with Crippen LogP contribution in [0.3, 0.4) is 0 Å². The van der Waals surface area contributed by atoms with E-state index < -0.39 is 0 Å². The molecule has 2 atom stereocenters. The van der Waals surface area contributed by atoms with Gasteiger partial charge in [0.05, 0.1) is 0 Å². The number of likely N-dealkylation sites (tertiary alicyclic amines) is 1. The first-order valence-corrected chi connectivity index (χ1v) is 8.76. The quantitative estimate of drug-likeness (QED) is 0.725. The molecule has 1 aromatic rings. The highest BCUT2D eigenvalue weighted by Gasteiger charge is 2.22. The maximum Gasteiger partial charge on any atom is 0.0193 e. The summed E-state index contributed by atoms with van der Waals surface area (Å²) < 4.78 is 0. The lowest BCUT2D eigenvalue weighted by atomic mass is 9.86.